The largest absolute Gasteiger partial charge is 0.440 e. The zero-order chi connectivity index (χ0) is 21.4. The van der Waals surface area contributed by atoms with Gasteiger partial charge in [0, 0.05) is 24.7 Å². The Hall–Kier alpha value is -3.13. The van der Waals surface area contributed by atoms with Gasteiger partial charge < -0.3 is 9.32 Å². The van der Waals surface area contributed by atoms with Gasteiger partial charge in [0.15, 0.2) is 16.6 Å². The highest BCUT2D eigenvalue weighted by molar-refractivity contribution is 7.98. The van der Waals surface area contributed by atoms with Gasteiger partial charge in [-0.05, 0) is 55.5 Å². The number of oxazole rings is 1. The van der Waals surface area contributed by atoms with E-state index >= 15 is 0 Å². The molecule has 1 aliphatic rings. The van der Waals surface area contributed by atoms with Crippen molar-refractivity contribution in [1.82, 2.24) is 19.4 Å². The minimum atomic E-state index is -0.316. The number of imidazole rings is 1. The lowest BCUT2D eigenvalue weighted by Gasteiger charge is -2.30. The normalized spacial score (nSPS) is 15.0. The fraction of sp³-hybridized carbons (Fsp3) is 0.261. The second-order valence-electron chi connectivity index (χ2n) is 7.53. The van der Waals surface area contributed by atoms with E-state index in [0.29, 0.717) is 29.6 Å². The zero-order valence-corrected chi connectivity index (χ0v) is 17.8. The molecule has 2 aromatic heterocycles. The number of likely N-dealkylation sites (tertiary alicyclic amines) is 1. The number of rotatable bonds is 4. The third-order valence-corrected chi connectivity index (χ3v) is 6.31. The molecule has 0 N–H and O–H groups in total. The molecule has 0 spiro atoms. The van der Waals surface area contributed by atoms with E-state index in [1.165, 1.54) is 23.9 Å². The first-order chi connectivity index (χ1) is 15.1. The summed E-state index contributed by atoms with van der Waals surface area (Å²) in [6, 6.07) is 13.8. The molecule has 0 bridgehead atoms. The molecule has 0 radical (unpaired) electrons. The van der Waals surface area contributed by atoms with Gasteiger partial charge in [-0.25, -0.2) is 14.4 Å². The number of carbonyl (C=O) groups is 1. The molecule has 6 nitrogen and oxygen atoms in total. The molecule has 5 rings (SSSR count). The van der Waals surface area contributed by atoms with Crippen LogP contribution in [0.4, 0.5) is 4.39 Å². The van der Waals surface area contributed by atoms with E-state index in [1.54, 1.807) is 22.9 Å². The average Bonchev–Trinajstić information content (AvgIpc) is 3.43. The summed E-state index contributed by atoms with van der Waals surface area (Å²) in [4.78, 5) is 24.2. The Morgan fingerprint density at radius 2 is 1.87 bits per heavy atom. The van der Waals surface area contributed by atoms with Gasteiger partial charge in [0.25, 0.3) is 5.91 Å². The fourth-order valence-electron chi connectivity index (χ4n) is 4.03. The molecule has 3 heterocycles. The highest BCUT2D eigenvalue weighted by Crippen LogP contribution is 2.31. The minimum Gasteiger partial charge on any atom is -0.440 e. The summed E-state index contributed by atoms with van der Waals surface area (Å²) in [5.74, 6) is 0.548. The van der Waals surface area contributed by atoms with Crippen molar-refractivity contribution in [3.8, 4) is 5.69 Å². The van der Waals surface area contributed by atoms with Gasteiger partial charge in [-0.1, -0.05) is 23.9 Å². The molecule has 1 aliphatic heterocycles. The number of aromatic nitrogens is 3. The maximum Gasteiger partial charge on any atom is 0.272 e. The number of halogens is 1. The number of hydrogen-bond donors (Lipinski definition) is 0. The van der Waals surface area contributed by atoms with E-state index in [-0.39, 0.29) is 17.6 Å². The molecule has 8 heteroatoms. The minimum absolute atomic E-state index is 0.0758. The first-order valence-corrected chi connectivity index (χ1v) is 11.4. The molecule has 0 unspecified atom stereocenters. The van der Waals surface area contributed by atoms with Crippen molar-refractivity contribution < 1.29 is 13.6 Å². The third kappa shape index (κ3) is 3.72. The number of para-hydroxylation sites is 2. The number of piperidine rings is 1. The molecule has 0 saturated carbocycles. The molecule has 2 aromatic carbocycles. The predicted molar refractivity (Wildman–Crippen MR) is 117 cm³/mol. The number of benzene rings is 2. The molecule has 1 fully saturated rings. The van der Waals surface area contributed by atoms with E-state index in [0.717, 1.165) is 29.8 Å². The van der Waals surface area contributed by atoms with E-state index in [4.69, 9.17) is 4.42 Å². The molecular weight excluding hydrogens is 415 g/mol. The lowest BCUT2D eigenvalue weighted by molar-refractivity contribution is 0.0698. The number of fused-ring (bicyclic) bond motifs is 1. The molecule has 31 heavy (non-hydrogen) atoms. The van der Waals surface area contributed by atoms with E-state index in [9.17, 15) is 9.18 Å². The summed E-state index contributed by atoms with van der Waals surface area (Å²) in [5.41, 5.74) is 2.86. The Morgan fingerprint density at radius 3 is 2.58 bits per heavy atom. The first-order valence-electron chi connectivity index (χ1n) is 10.2. The van der Waals surface area contributed by atoms with Crippen LogP contribution in [-0.2, 0) is 0 Å². The average molecular weight is 437 g/mol. The summed E-state index contributed by atoms with van der Waals surface area (Å²) in [6.07, 6.45) is 5.09. The Labute approximate surface area is 183 Å². The maximum atomic E-state index is 13.4. The van der Waals surface area contributed by atoms with Crippen LogP contribution in [-0.4, -0.2) is 44.7 Å². The highest BCUT2D eigenvalue weighted by Gasteiger charge is 2.29. The van der Waals surface area contributed by atoms with Crippen LogP contribution in [0.3, 0.4) is 0 Å². The Balaban J connectivity index is 1.35. The summed E-state index contributed by atoms with van der Waals surface area (Å²) in [7, 11) is 0. The van der Waals surface area contributed by atoms with Crippen molar-refractivity contribution in [2.24, 2.45) is 0 Å². The van der Waals surface area contributed by atoms with Crippen molar-refractivity contribution in [1.29, 1.82) is 0 Å². The summed E-state index contributed by atoms with van der Waals surface area (Å²) < 4.78 is 21.1. The van der Waals surface area contributed by atoms with Gasteiger partial charge in [-0.15, -0.1) is 0 Å². The van der Waals surface area contributed by atoms with Crippen LogP contribution >= 0.6 is 11.8 Å². The Morgan fingerprint density at radius 1 is 1.13 bits per heavy atom. The summed E-state index contributed by atoms with van der Waals surface area (Å²) in [5, 5.41) is 0.691. The molecule has 1 saturated heterocycles. The van der Waals surface area contributed by atoms with E-state index in [2.05, 4.69) is 9.97 Å². The Bertz CT molecular complexity index is 1190. The Kier molecular flexibility index (Phi) is 5.23. The van der Waals surface area contributed by atoms with Gasteiger partial charge >= 0.3 is 0 Å². The number of hydrogen-bond acceptors (Lipinski definition) is 5. The van der Waals surface area contributed by atoms with Gasteiger partial charge in [0.2, 0.25) is 0 Å². The van der Waals surface area contributed by atoms with Gasteiger partial charge in [0.05, 0.1) is 6.20 Å². The molecule has 4 aromatic rings. The van der Waals surface area contributed by atoms with Crippen molar-refractivity contribution in [2.75, 3.05) is 19.3 Å². The van der Waals surface area contributed by atoms with Crippen molar-refractivity contribution >= 4 is 28.8 Å². The quantitative estimate of drug-likeness (QED) is 0.426. The molecule has 0 atom stereocenters. The van der Waals surface area contributed by atoms with E-state index < -0.39 is 0 Å². The highest BCUT2D eigenvalue weighted by atomic mass is 32.2. The van der Waals surface area contributed by atoms with E-state index in [1.807, 2.05) is 35.4 Å². The van der Waals surface area contributed by atoms with Gasteiger partial charge in [-0.3, -0.25) is 9.36 Å². The van der Waals surface area contributed by atoms with Crippen LogP contribution in [0.2, 0.25) is 0 Å². The van der Waals surface area contributed by atoms with Crippen LogP contribution in [0, 0.1) is 5.82 Å². The topological polar surface area (TPSA) is 64.2 Å². The number of carbonyl (C=O) groups excluding carboxylic acids is 1. The molecule has 1 amide bonds. The fourth-order valence-corrected chi connectivity index (χ4v) is 4.57. The van der Waals surface area contributed by atoms with Gasteiger partial charge in [0.1, 0.15) is 17.0 Å². The molecule has 158 valence electrons. The maximum absolute atomic E-state index is 13.4. The number of nitrogens with zero attached hydrogens (tertiary/aromatic N) is 4. The van der Waals surface area contributed by atoms with Crippen LogP contribution < -0.4 is 0 Å². The summed E-state index contributed by atoms with van der Waals surface area (Å²) >= 11 is 1.45. The predicted octanol–water partition coefficient (Wildman–Crippen LogP) is 4.89. The van der Waals surface area contributed by atoms with Crippen molar-refractivity contribution in [2.45, 2.75) is 23.9 Å². The lowest BCUT2D eigenvalue weighted by atomic mass is 9.96. The number of amides is 1. The third-order valence-electron chi connectivity index (χ3n) is 5.66. The molecular formula is C23H21FN4O2S. The van der Waals surface area contributed by atoms with Crippen LogP contribution in [0.1, 0.15) is 35.1 Å². The number of thioether (sulfide) groups is 1. The summed E-state index contributed by atoms with van der Waals surface area (Å²) in [6.45, 7) is 1.23. The van der Waals surface area contributed by atoms with Crippen molar-refractivity contribution in [3.63, 3.8) is 0 Å². The van der Waals surface area contributed by atoms with Gasteiger partial charge in [-0.2, -0.15) is 0 Å². The standard InChI is InChI=1S/C23H21FN4O2S/c1-31-23-25-14-19(28(23)17-8-6-16(24)7-9-17)22(29)27-12-10-15(11-13-27)21-26-18-4-2-3-5-20(18)30-21/h2-9,14-15H,10-13H2,1H3. The van der Waals surface area contributed by atoms with Crippen LogP contribution in [0.15, 0.2) is 64.3 Å². The second kappa shape index (κ2) is 8.19. The lowest BCUT2D eigenvalue weighted by Crippen LogP contribution is -2.38. The zero-order valence-electron chi connectivity index (χ0n) is 17.0. The van der Waals surface area contributed by atoms with Crippen LogP contribution in [0.25, 0.3) is 16.8 Å². The smallest absolute Gasteiger partial charge is 0.272 e. The monoisotopic (exact) mass is 436 g/mol. The van der Waals surface area contributed by atoms with Crippen molar-refractivity contribution in [3.05, 3.63) is 72.1 Å². The SMILES string of the molecule is CSc1ncc(C(=O)N2CCC(c3nc4ccccc4o3)CC2)n1-c1ccc(F)cc1. The first kappa shape index (κ1) is 19.8. The second-order valence-corrected chi connectivity index (χ2v) is 8.30. The van der Waals surface area contributed by atoms with Crippen LogP contribution in [0.5, 0.6) is 0 Å². The molecule has 0 aliphatic carbocycles.